The van der Waals surface area contributed by atoms with E-state index in [4.69, 9.17) is 0 Å². The van der Waals surface area contributed by atoms with E-state index in [0.717, 1.165) is 13.0 Å². The molecule has 0 bridgehead atoms. The lowest BCUT2D eigenvalue weighted by atomic mass is 9.66. The molecule has 0 amide bonds. The minimum atomic E-state index is 0.0151. The lowest BCUT2D eigenvalue weighted by Crippen LogP contribution is -2.43. The molecule has 0 saturated carbocycles. The van der Waals surface area contributed by atoms with Gasteiger partial charge in [-0.2, -0.15) is 0 Å². The number of nitrogens with zero attached hydrogens (tertiary/aromatic N) is 1. The van der Waals surface area contributed by atoms with Crippen molar-refractivity contribution in [3.63, 3.8) is 0 Å². The molecule has 0 spiro atoms. The molecule has 0 aliphatic carbocycles. The van der Waals surface area contributed by atoms with Crippen molar-refractivity contribution in [1.29, 1.82) is 0 Å². The van der Waals surface area contributed by atoms with Gasteiger partial charge in [0.05, 0.1) is 12.5 Å². The maximum Gasteiger partial charge on any atom is 0.258 e. The number of rotatable bonds is 21. The summed E-state index contributed by atoms with van der Waals surface area (Å²) in [5, 5.41) is 0. The molecule has 2 nitrogen and oxygen atoms in total. The fourth-order valence-electron chi connectivity index (χ4n) is 6.48. The summed E-state index contributed by atoms with van der Waals surface area (Å²) in [4.78, 5) is 3.71. The smallest absolute Gasteiger partial charge is 0.247 e. The van der Waals surface area contributed by atoms with Crippen molar-refractivity contribution in [3.8, 4) is 0 Å². The predicted octanol–water partition coefficient (Wildman–Crippen LogP) is 10.5. The first-order chi connectivity index (χ1) is 19.2. The highest BCUT2D eigenvalue weighted by Crippen LogP contribution is 2.43. The fourth-order valence-corrected chi connectivity index (χ4v) is 6.48. The van der Waals surface area contributed by atoms with E-state index in [-0.39, 0.29) is 5.41 Å². The highest BCUT2D eigenvalue weighted by Gasteiger charge is 2.41. The van der Waals surface area contributed by atoms with Crippen LogP contribution >= 0.6 is 0 Å². The third kappa shape index (κ3) is 10.3. The lowest BCUT2D eigenvalue weighted by molar-refractivity contribution is -0.705. The Bertz CT molecular complexity index is 993. The number of H-pyrrole nitrogens is 1. The zero-order valence-corrected chi connectivity index (χ0v) is 25.5. The molecule has 0 fully saturated rings. The van der Waals surface area contributed by atoms with Crippen LogP contribution in [0.1, 0.15) is 140 Å². The Balaban J connectivity index is 1.54. The zero-order chi connectivity index (χ0) is 27.6. The van der Waals surface area contributed by atoms with Crippen LogP contribution in [-0.4, -0.2) is 4.98 Å². The summed E-state index contributed by atoms with van der Waals surface area (Å²) in [5.74, 6) is 1.83. The molecule has 39 heavy (non-hydrogen) atoms. The minimum Gasteiger partial charge on any atom is -0.247 e. The van der Waals surface area contributed by atoms with Crippen molar-refractivity contribution in [3.05, 3.63) is 90.0 Å². The first kappa shape index (κ1) is 31.2. The van der Waals surface area contributed by atoms with E-state index in [1.54, 1.807) is 0 Å². The van der Waals surface area contributed by atoms with Gasteiger partial charge in [0, 0.05) is 5.41 Å². The van der Waals surface area contributed by atoms with E-state index in [2.05, 4.69) is 103 Å². The van der Waals surface area contributed by atoms with Crippen LogP contribution in [0.25, 0.3) is 0 Å². The quantitative estimate of drug-likeness (QED) is 0.105. The minimum absolute atomic E-state index is 0.0151. The molecule has 214 valence electrons. The normalized spacial score (nSPS) is 13.8. The number of unbranched alkanes of at least 4 members (excludes halogenated alkanes) is 12. The molecule has 0 aliphatic heterocycles. The van der Waals surface area contributed by atoms with Gasteiger partial charge in [-0.05, 0) is 36.8 Å². The topological polar surface area (TPSA) is 19.7 Å². The third-order valence-corrected chi connectivity index (χ3v) is 8.82. The van der Waals surface area contributed by atoms with Crippen LogP contribution in [0.4, 0.5) is 0 Å². The Hall–Kier alpha value is -2.35. The summed E-state index contributed by atoms with van der Waals surface area (Å²) in [5.41, 5.74) is 2.87. The number of aromatic nitrogens is 2. The summed E-state index contributed by atoms with van der Waals surface area (Å²) < 4.78 is 2.53. The fraction of sp³-hybridized carbons (Fsp3) is 0.595. The van der Waals surface area contributed by atoms with Crippen LogP contribution in [0.15, 0.2) is 73.1 Å². The summed E-state index contributed by atoms with van der Waals surface area (Å²) in [6.45, 7) is 8.24. The van der Waals surface area contributed by atoms with Crippen molar-refractivity contribution in [2.75, 3.05) is 0 Å². The summed E-state index contributed by atoms with van der Waals surface area (Å²) >= 11 is 0. The van der Waals surface area contributed by atoms with Gasteiger partial charge in [-0.1, -0.05) is 158 Å². The number of hydrogen-bond donors (Lipinski definition) is 1. The van der Waals surface area contributed by atoms with Crippen LogP contribution in [0.5, 0.6) is 0 Å². The van der Waals surface area contributed by atoms with Gasteiger partial charge >= 0.3 is 0 Å². The molecule has 0 radical (unpaired) electrons. The Morgan fingerprint density at radius 3 is 1.77 bits per heavy atom. The van der Waals surface area contributed by atoms with Crippen molar-refractivity contribution in [2.24, 2.45) is 0 Å². The average molecular weight is 530 g/mol. The van der Waals surface area contributed by atoms with Crippen LogP contribution < -0.4 is 4.57 Å². The predicted molar refractivity (Wildman–Crippen MR) is 168 cm³/mol. The monoisotopic (exact) mass is 529 g/mol. The Kier molecular flexibility index (Phi) is 14.5. The van der Waals surface area contributed by atoms with Gasteiger partial charge in [0.25, 0.3) is 5.82 Å². The number of nitrogens with one attached hydrogen (secondary N) is 1. The molecule has 3 aromatic rings. The number of aromatic amines is 1. The summed E-state index contributed by atoms with van der Waals surface area (Å²) in [6, 6.07) is 22.3. The van der Waals surface area contributed by atoms with Crippen LogP contribution in [0, 0.1) is 0 Å². The lowest BCUT2D eigenvalue weighted by Gasteiger charge is -2.37. The van der Waals surface area contributed by atoms with Gasteiger partial charge in [-0.25, -0.2) is 9.55 Å². The maximum absolute atomic E-state index is 3.71. The molecular weight excluding hydrogens is 472 g/mol. The average Bonchev–Trinajstić information content (AvgIpc) is 3.43. The standard InChI is InChI=1S/C37H56N2/c1-4-6-7-8-9-10-11-12-13-14-15-16-23-30-39-31-29-38-36(39)35(24-5-2)37(3,34-27-21-18-22-28-34)32-33-25-19-17-20-26-33/h17-22,25-29,31,35H,4-16,23-24,30,32H2,1-3H3/p+1. The van der Waals surface area contributed by atoms with E-state index < -0.39 is 0 Å². The molecule has 2 heteroatoms. The first-order valence-corrected chi connectivity index (χ1v) is 16.3. The first-order valence-electron chi connectivity index (χ1n) is 16.3. The Morgan fingerprint density at radius 2 is 1.21 bits per heavy atom. The highest BCUT2D eigenvalue weighted by molar-refractivity contribution is 5.32. The van der Waals surface area contributed by atoms with E-state index in [1.807, 2.05) is 0 Å². The largest absolute Gasteiger partial charge is 0.258 e. The molecule has 2 atom stereocenters. The van der Waals surface area contributed by atoms with E-state index in [1.165, 1.54) is 113 Å². The van der Waals surface area contributed by atoms with Gasteiger partial charge in [0.1, 0.15) is 12.4 Å². The van der Waals surface area contributed by atoms with E-state index in [0.29, 0.717) is 5.92 Å². The van der Waals surface area contributed by atoms with Gasteiger partial charge < -0.3 is 0 Å². The zero-order valence-electron chi connectivity index (χ0n) is 25.5. The molecular formula is C37H57N2+. The Labute approximate surface area is 240 Å². The van der Waals surface area contributed by atoms with Gasteiger partial charge in [-0.15, -0.1) is 0 Å². The van der Waals surface area contributed by atoms with Crippen LogP contribution in [0.3, 0.4) is 0 Å². The molecule has 3 rings (SSSR count). The second-order valence-corrected chi connectivity index (χ2v) is 12.1. The van der Waals surface area contributed by atoms with Gasteiger partial charge in [-0.3, -0.25) is 0 Å². The van der Waals surface area contributed by atoms with E-state index in [9.17, 15) is 0 Å². The van der Waals surface area contributed by atoms with Gasteiger partial charge in [0.15, 0.2) is 0 Å². The molecule has 2 unspecified atom stereocenters. The van der Waals surface area contributed by atoms with Crippen molar-refractivity contribution >= 4 is 0 Å². The van der Waals surface area contributed by atoms with Crippen LogP contribution in [-0.2, 0) is 18.4 Å². The van der Waals surface area contributed by atoms with E-state index >= 15 is 0 Å². The van der Waals surface area contributed by atoms with Crippen LogP contribution in [0.2, 0.25) is 0 Å². The Morgan fingerprint density at radius 1 is 0.667 bits per heavy atom. The second kappa shape index (κ2) is 18.1. The maximum atomic E-state index is 3.71. The van der Waals surface area contributed by atoms with Crippen molar-refractivity contribution in [2.45, 2.75) is 141 Å². The number of aryl methyl sites for hydroxylation is 1. The molecule has 1 heterocycles. The summed E-state index contributed by atoms with van der Waals surface area (Å²) in [6.07, 6.45) is 26.1. The molecule has 1 aromatic heterocycles. The molecule has 0 saturated heterocycles. The molecule has 0 aliphatic rings. The number of hydrogen-bond acceptors (Lipinski definition) is 0. The number of imidazole rings is 1. The van der Waals surface area contributed by atoms with Gasteiger partial charge in [0.2, 0.25) is 0 Å². The van der Waals surface area contributed by atoms with Crippen molar-refractivity contribution in [1.82, 2.24) is 4.98 Å². The second-order valence-electron chi connectivity index (χ2n) is 12.1. The highest BCUT2D eigenvalue weighted by atomic mass is 15.1. The summed E-state index contributed by atoms with van der Waals surface area (Å²) in [7, 11) is 0. The molecule has 1 N–H and O–H groups in total. The SMILES string of the molecule is CCCCCCCCCCCCCCC[n+]1cc[nH]c1C(CCC)C(C)(Cc1ccccc1)c1ccccc1. The third-order valence-electron chi connectivity index (χ3n) is 8.82. The molecule has 2 aromatic carbocycles. The van der Waals surface area contributed by atoms with Crippen molar-refractivity contribution < 1.29 is 4.57 Å². The number of benzene rings is 2.